The van der Waals surface area contributed by atoms with Crippen molar-refractivity contribution in [2.75, 3.05) is 13.1 Å². The van der Waals surface area contributed by atoms with E-state index in [9.17, 15) is 23.1 Å². The van der Waals surface area contributed by atoms with Gasteiger partial charge in [-0.3, -0.25) is 4.79 Å². The van der Waals surface area contributed by atoms with Crippen LogP contribution in [0, 0.1) is 5.92 Å². The minimum atomic E-state index is -4.66. The Labute approximate surface area is 104 Å². The first-order valence-electron chi connectivity index (χ1n) is 6.39. The Morgan fingerprint density at radius 3 is 2.44 bits per heavy atom. The Bertz CT molecular complexity index is 326. The third-order valence-electron chi connectivity index (χ3n) is 4.07. The van der Waals surface area contributed by atoms with Crippen molar-refractivity contribution in [1.82, 2.24) is 4.90 Å². The molecule has 2 fully saturated rings. The number of nitrogens with zero attached hydrogens (tertiary/aromatic N) is 1. The molecule has 1 unspecified atom stereocenters. The summed E-state index contributed by atoms with van der Waals surface area (Å²) in [5, 5.41) is 9.49. The summed E-state index contributed by atoms with van der Waals surface area (Å²) in [4.78, 5) is 13.0. The molecule has 1 aliphatic carbocycles. The van der Waals surface area contributed by atoms with Gasteiger partial charge in [0, 0.05) is 19.4 Å². The highest BCUT2D eigenvalue weighted by Crippen LogP contribution is 2.38. The van der Waals surface area contributed by atoms with Crippen molar-refractivity contribution in [3.05, 3.63) is 0 Å². The van der Waals surface area contributed by atoms with E-state index in [1.54, 1.807) is 0 Å². The molecule has 2 aliphatic rings. The summed E-state index contributed by atoms with van der Waals surface area (Å²) in [5.74, 6) is 0.0687. The van der Waals surface area contributed by atoms with Crippen LogP contribution in [0.25, 0.3) is 0 Å². The van der Waals surface area contributed by atoms with Crippen LogP contribution in [0.4, 0.5) is 13.2 Å². The van der Waals surface area contributed by atoms with E-state index in [-0.39, 0.29) is 12.5 Å². The second-order valence-electron chi connectivity index (χ2n) is 5.45. The number of amides is 1. The maximum Gasteiger partial charge on any atom is 0.419 e. The third-order valence-corrected chi connectivity index (χ3v) is 4.07. The summed E-state index contributed by atoms with van der Waals surface area (Å²) in [6, 6.07) is 0. The van der Waals surface area contributed by atoms with Gasteiger partial charge in [0.05, 0.1) is 6.54 Å². The number of aliphatic hydroxyl groups is 1. The van der Waals surface area contributed by atoms with Crippen LogP contribution in [0.2, 0.25) is 0 Å². The Balaban J connectivity index is 1.90. The quantitative estimate of drug-likeness (QED) is 0.830. The molecule has 1 atom stereocenters. The number of likely N-dealkylation sites (tertiary alicyclic amines) is 1. The first kappa shape index (κ1) is 13.6. The molecule has 1 saturated carbocycles. The second-order valence-corrected chi connectivity index (χ2v) is 5.45. The van der Waals surface area contributed by atoms with E-state index in [1.165, 1.54) is 0 Å². The van der Waals surface area contributed by atoms with Crippen LogP contribution < -0.4 is 0 Å². The molecule has 1 heterocycles. The van der Waals surface area contributed by atoms with Crippen molar-refractivity contribution < 1.29 is 23.1 Å². The highest BCUT2D eigenvalue weighted by molar-refractivity contribution is 5.77. The molecule has 1 aliphatic heterocycles. The summed E-state index contributed by atoms with van der Waals surface area (Å²) < 4.78 is 37.8. The van der Waals surface area contributed by atoms with Gasteiger partial charge in [0.25, 0.3) is 0 Å². The van der Waals surface area contributed by atoms with Crippen molar-refractivity contribution in [1.29, 1.82) is 0 Å². The van der Waals surface area contributed by atoms with E-state index in [4.69, 9.17) is 0 Å². The van der Waals surface area contributed by atoms with Crippen LogP contribution in [0.5, 0.6) is 0 Å². The normalized spacial score (nSPS) is 30.1. The molecule has 0 radical (unpaired) electrons. The van der Waals surface area contributed by atoms with E-state index in [2.05, 4.69) is 0 Å². The average molecular weight is 265 g/mol. The maximum absolute atomic E-state index is 12.6. The van der Waals surface area contributed by atoms with Crippen LogP contribution >= 0.6 is 0 Å². The Morgan fingerprint density at radius 1 is 1.33 bits per heavy atom. The van der Waals surface area contributed by atoms with Gasteiger partial charge < -0.3 is 10.0 Å². The summed E-state index contributed by atoms with van der Waals surface area (Å²) in [6.07, 6.45) is -0.558. The molecule has 0 spiro atoms. The van der Waals surface area contributed by atoms with E-state index in [0.717, 1.165) is 30.6 Å². The lowest BCUT2D eigenvalue weighted by molar-refractivity contribution is -0.253. The molecule has 0 aromatic heterocycles. The summed E-state index contributed by atoms with van der Waals surface area (Å²) in [5.41, 5.74) is -2.71. The van der Waals surface area contributed by atoms with Gasteiger partial charge in [0.2, 0.25) is 5.91 Å². The van der Waals surface area contributed by atoms with Crippen LogP contribution in [0.3, 0.4) is 0 Å². The van der Waals surface area contributed by atoms with Crippen LogP contribution in [-0.4, -0.2) is 40.8 Å². The fourth-order valence-corrected chi connectivity index (χ4v) is 2.83. The maximum atomic E-state index is 12.6. The predicted molar refractivity (Wildman–Crippen MR) is 58.8 cm³/mol. The SMILES string of the molecule is O=C(CC1CCCC1)N1CCC(O)(C(F)(F)F)C1. The molecule has 6 heteroatoms. The van der Waals surface area contributed by atoms with Crippen molar-refractivity contribution >= 4 is 5.91 Å². The second kappa shape index (κ2) is 4.72. The van der Waals surface area contributed by atoms with E-state index < -0.39 is 24.7 Å². The highest BCUT2D eigenvalue weighted by Gasteiger charge is 2.57. The van der Waals surface area contributed by atoms with E-state index >= 15 is 0 Å². The number of alkyl halides is 3. The van der Waals surface area contributed by atoms with E-state index in [0.29, 0.717) is 12.3 Å². The molecule has 0 bridgehead atoms. The van der Waals surface area contributed by atoms with E-state index in [1.807, 2.05) is 0 Å². The Morgan fingerprint density at radius 2 is 1.94 bits per heavy atom. The van der Waals surface area contributed by atoms with Crippen molar-refractivity contribution in [2.24, 2.45) is 5.92 Å². The molecule has 0 aromatic rings. The molecule has 2 rings (SSSR count). The fraction of sp³-hybridized carbons (Fsp3) is 0.917. The number of β-amino-alcohol motifs (C(OH)–C–C–N with tert-alkyl or cyclic N) is 1. The number of hydrogen-bond donors (Lipinski definition) is 1. The minimum Gasteiger partial charge on any atom is -0.379 e. The minimum absolute atomic E-state index is 0.00155. The average Bonchev–Trinajstić information content (AvgIpc) is 2.86. The molecule has 104 valence electrons. The van der Waals surface area contributed by atoms with Gasteiger partial charge in [-0.05, 0) is 18.8 Å². The zero-order valence-electron chi connectivity index (χ0n) is 10.2. The third kappa shape index (κ3) is 2.63. The first-order chi connectivity index (χ1) is 8.32. The predicted octanol–water partition coefficient (Wildman–Crippen LogP) is 2.09. The Hall–Kier alpha value is -0.780. The van der Waals surface area contributed by atoms with Crippen molar-refractivity contribution in [3.63, 3.8) is 0 Å². The molecule has 3 nitrogen and oxygen atoms in total. The van der Waals surface area contributed by atoms with Crippen LogP contribution in [-0.2, 0) is 4.79 Å². The summed E-state index contributed by atoms with van der Waals surface area (Å²) in [7, 11) is 0. The zero-order valence-corrected chi connectivity index (χ0v) is 10.2. The number of hydrogen-bond acceptors (Lipinski definition) is 2. The zero-order chi connectivity index (χ0) is 13.4. The lowest BCUT2D eigenvalue weighted by Crippen LogP contribution is -2.48. The van der Waals surface area contributed by atoms with Crippen molar-refractivity contribution in [3.8, 4) is 0 Å². The fourth-order valence-electron chi connectivity index (χ4n) is 2.83. The molecule has 1 saturated heterocycles. The summed E-state index contributed by atoms with van der Waals surface area (Å²) >= 11 is 0. The molecular formula is C12H18F3NO2. The van der Waals surface area contributed by atoms with Gasteiger partial charge in [-0.2, -0.15) is 13.2 Å². The lowest BCUT2D eigenvalue weighted by Gasteiger charge is -2.26. The van der Waals surface area contributed by atoms with Gasteiger partial charge in [0.1, 0.15) is 0 Å². The van der Waals surface area contributed by atoms with Gasteiger partial charge in [-0.15, -0.1) is 0 Å². The molecule has 18 heavy (non-hydrogen) atoms. The summed E-state index contributed by atoms with van der Waals surface area (Å²) in [6.45, 7) is -0.608. The van der Waals surface area contributed by atoms with Gasteiger partial charge in [-0.1, -0.05) is 12.8 Å². The van der Waals surface area contributed by atoms with Gasteiger partial charge >= 0.3 is 6.18 Å². The van der Waals surface area contributed by atoms with Gasteiger partial charge in [-0.25, -0.2) is 0 Å². The number of carbonyl (C=O) groups excluding carboxylic acids is 1. The first-order valence-corrected chi connectivity index (χ1v) is 6.39. The monoisotopic (exact) mass is 265 g/mol. The topological polar surface area (TPSA) is 40.5 Å². The largest absolute Gasteiger partial charge is 0.419 e. The lowest BCUT2D eigenvalue weighted by atomic mass is 10.0. The number of carbonyl (C=O) groups is 1. The highest BCUT2D eigenvalue weighted by atomic mass is 19.4. The molecule has 0 aromatic carbocycles. The smallest absolute Gasteiger partial charge is 0.379 e. The standard InChI is InChI=1S/C12H18F3NO2/c13-12(14,15)11(18)5-6-16(8-11)10(17)7-9-3-1-2-4-9/h9,18H,1-8H2. The Kier molecular flexibility index (Phi) is 3.58. The van der Waals surface area contributed by atoms with Crippen LogP contribution in [0.1, 0.15) is 38.5 Å². The van der Waals surface area contributed by atoms with Gasteiger partial charge in [0.15, 0.2) is 5.60 Å². The molecule has 1 amide bonds. The van der Waals surface area contributed by atoms with Crippen LogP contribution in [0.15, 0.2) is 0 Å². The van der Waals surface area contributed by atoms with Crippen molar-refractivity contribution in [2.45, 2.75) is 50.3 Å². The number of halogens is 3. The molecule has 1 N–H and O–H groups in total. The molecular weight excluding hydrogens is 247 g/mol. The number of rotatable bonds is 2.